The lowest BCUT2D eigenvalue weighted by Crippen LogP contribution is -2.29. The predicted molar refractivity (Wildman–Crippen MR) is 84.8 cm³/mol. The second-order valence-corrected chi connectivity index (χ2v) is 7.26. The number of halogens is 2. The van der Waals surface area contributed by atoms with E-state index >= 15 is 0 Å². The van der Waals surface area contributed by atoms with Crippen molar-refractivity contribution in [2.75, 3.05) is 13.1 Å². The molecule has 1 heterocycles. The molecule has 7 heteroatoms. The fourth-order valence-corrected chi connectivity index (χ4v) is 3.79. The second-order valence-electron chi connectivity index (χ2n) is 4.11. The van der Waals surface area contributed by atoms with Gasteiger partial charge in [0.1, 0.15) is 4.34 Å². The maximum Gasteiger partial charge on any atom is 0.288 e. The molecule has 0 radical (unpaired) electrons. The molecule has 3 nitrogen and oxygen atoms in total. The number of amides is 1. The second kappa shape index (κ2) is 9.06. The van der Waals surface area contributed by atoms with Gasteiger partial charge < -0.3 is 4.90 Å². The molecule has 0 aliphatic carbocycles. The van der Waals surface area contributed by atoms with Crippen molar-refractivity contribution < 1.29 is 4.79 Å². The summed E-state index contributed by atoms with van der Waals surface area (Å²) in [4.78, 5) is 18.2. The molecule has 0 aliphatic rings. The summed E-state index contributed by atoms with van der Waals surface area (Å²) in [6.07, 6.45) is 4.20. The number of carbonyl (C=O) groups excluding carboxylic acids is 1. The van der Waals surface area contributed by atoms with Gasteiger partial charge >= 0.3 is 0 Å². The fraction of sp³-hybridized carbons (Fsp3) is 0.667. The van der Waals surface area contributed by atoms with Gasteiger partial charge in [0.25, 0.3) is 5.24 Å². The van der Waals surface area contributed by atoms with E-state index in [1.807, 2.05) is 4.90 Å². The SMILES string of the molecule is CCCCN(CCCC)C(=O)Sc1nc(Cl)c(Cl)s1. The molecule has 0 N–H and O–H groups in total. The Kier molecular flexibility index (Phi) is 8.14. The van der Waals surface area contributed by atoms with Gasteiger partial charge in [0.15, 0.2) is 9.49 Å². The summed E-state index contributed by atoms with van der Waals surface area (Å²) >= 11 is 14.0. The number of rotatable bonds is 7. The lowest BCUT2D eigenvalue weighted by atomic mass is 10.3. The summed E-state index contributed by atoms with van der Waals surface area (Å²) < 4.78 is 1.05. The number of hydrogen-bond acceptors (Lipinski definition) is 4. The maximum absolute atomic E-state index is 12.2. The topological polar surface area (TPSA) is 33.2 Å². The number of unbranched alkanes of at least 4 members (excludes halogenated alkanes) is 2. The first-order chi connectivity index (χ1) is 9.08. The molecule has 0 aromatic carbocycles. The molecule has 0 atom stereocenters. The molecule has 19 heavy (non-hydrogen) atoms. The zero-order valence-electron chi connectivity index (χ0n) is 11.1. The predicted octanol–water partition coefficient (Wildman–Crippen LogP) is 5.56. The Balaban J connectivity index is 2.59. The van der Waals surface area contributed by atoms with Crippen molar-refractivity contribution in [3.63, 3.8) is 0 Å². The first kappa shape index (κ1) is 17.1. The molecule has 0 aliphatic heterocycles. The summed E-state index contributed by atoms with van der Waals surface area (Å²) in [7, 11) is 0. The Bertz CT molecular complexity index is 385. The van der Waals surface area contributed by atoms with Gasteiger partial charge in [-0.3, -0.25) is 4.79 Å². The smallest absolute Gasteiger partial charge is 0.288 e. The average Bonchev–Trinajstić information content (AvgIpc) is 2.68. The number of thiazole rings is 1. The molecule has 1 aromatic rings. The first-order valence-electron chi connectivity index (χ1n) is 6.37. The molecule has 108 valence electrons. The van der Waals surface area contributed by atoms with Crippen LogP contribution < -0.4 is 0 Å². The van der Waals surface area contributed by atoms with Crippen molar-refractivity contribution >= 4 is 51.5 Å². The monoisotopic (exact) mass is 340 g/mol. The molecular weight excluding hydrogens is 323 g/mol. The lowest BCUT2D eigenvalue weighted by molar-refractivity contribution is 0.221. The Morgan fingerprint density at radius 3 is 2.26 bits per heavy atom. The lowest BCUT2D eigenvalue weighted by Gasteiger charge is -2.21. The molecule has 0 saturated heterocycles. The van der Waals surface area contributed by atoms with Gasteiger partial charge in [0, 0.05) is 24.9 Å². The Morgan fingerprint density at radius 1 is 1.26 bits per heavy atom. The van der Waals surface area contributed by atoms with Crippen LogP contribution in [0.4, 0.5) is 4.79 Å². The van der Waals surface area contributed by atoms with E-state index in [4.69, 9.17) is 23.2 Å². The van der Waals surface area contributed by atoms with Crippen LogP contribution >= 0.6 is 46.3 Å². The van der Waals surface area contributed by atoms with Crippen molar-refractivity contribution in [3.8, 4) is 0 Å². The summed E-state index contributed by atoms with van der Waals surface area (Å²) in [5.74, 6) is 0. The van der Waals surface area contributed by atoms with E-state index in [1.165, 1.54) is 11.3 Å². The summed E-state index contributed by atoms with van der Waals surface area (Å²) in [6.45, 7) is 5.84. The number of thioether (sulfide) groups is 1. The van der Waals surface area contributed by atoms with Crippen LogP contribution in [-0.4, -0.2) is 28.2 Å². The maximum atomic E-state index is 12.2. The van der Waals surface area contributed by atoms with Crippen LogP contribution in [0.2, 0.25) is 9.49 Å². The minimum absolute atomic E-state index is 0.0315. The zero-order chi connectivity index (χ0) is 14.3. The Labute approximate surface area is 132 Å². The quantitative estimate of drug-likeness (QED) is 0.608. The van der Waals surface area contributed by atoms with E-state index in [0.717, 1.165) is 50.5 Å². The van der Waals surface area contributed by atoms with Crippen LogP contribution in [0.3, 0.4) is 0 Å². The number of hydrogen-bond donors (Lipinski definition) is 0. The molecule has 0 saturated carbocycles. The van der Waals surface area contributed by atoms with Gasteiger partial charge in [0.2, 0.25) is 0 Å². The highest BCUT2D eigenvalue weighted by Gasteiger charge is 2.17. The van der Waals surface area contributed by atoms with Gasteiger partial charge in [-0.1, -0.05) is 61.2 Å². The third-order valence-electron chi connectivity index (χ3n) is 2.52. The minimum atomic E-state index is 0.0315. The molecule has 0 spiro atoms. The van der Waals surface area contributed by atoms with Crippen molar-refractivity contribution in [3.05, 3.63) is 9.49 Å². The van der Waals surface area contributed by atoms with E-state index < -0.39 is 0 Å². The van der Waals surface area contributed by atoms with Crippen molar-refractivity contribution in [2.45, 2.75) is 43.9 Å². The first-order valence-corrected chi connectivity index (χ1v) is 8.75. The van der Waals surface area contributed by atoms with E-state index in [2.05, 4.69) is 18.8 Å². The van der Waals surface area contributed by atoms with Crippen molar-refractivity contribution in [1.29, 1.82) is 0 Å². The molecular formula is C12H18Cl2N2OS2. The minimum Gasteiger partial charge on any atom is -0.333 e. The van der Waals surface area contributed by atoms with Crippen LogP contribution in [0, 0.1) is 0 Å². The van der Waals surface area contributed by atoms with Gasteiger partial charge in [-0.25, -0.2) is 4.98 Å². The Hall–Kier alpha value is 0.0300. The normalized spacial score (nSPS) is 10.7. The molecule has 1 aromatic heterocycles. The third-order valence-corrected chi connectivity index (χ3v) is 5.25. The molecule has 0 fully saturated rings. The van der Waals surface area contributed by atoms with E-state index in [1.54, 1.807) is 0 Å². The summed E-state index contributed by atoms with van der Waals surface area (Å²) in [5, 5.41) is 0.305. The van der Waals surface area contributed by atoms with E-state index in [0.29, 0.717) is 8.68 Å². The molecule has 0 unspecified atom stereocenters. The fourth-order valence-electron chi connectivity index (χ4n) is 1.44. The number of carbonyl (C=O) groups is 1. The molecule has 1 amide bonds. The third kappa shape index (κ3) is 5.90. The van der Waals surface area contributed by atoms with Gasteiger partial charge in [-0.05, 0) is 12.8 Å². The highest BCUT2D eigenvalue weighted by Crippen LogP contribution is 2.34. The summed E-state index contributed by atoms with van der Waals surface area (Å²) in [5.41, 5.74) is 0. The van der Waals surface area contributed by atoms with E-state index in [-0.39, 0.29) is 10.4 Å². The molecule has 0 bridgehead atoms. The highest BCUT2D eigenvalue weighted by molar-refractivity contribution is 8.14. The van der Waals surface area contributed by atoms with Crippen LogP contribution in [0.15, 0.2) is 4.34 Å². The van der Waals surface area contributed by atoms with Crippen LogP contribution in [0.25, 0.3) is 0 Å². The zero-order valence-corrected chi connectivity index (χ0v) is 14.3. The van der Waals surface area contributed by atoms with Gasteiger partial charge in [0.05, 0.1) is 0 Å². The molecule has 1 rings (SSSR count). The van der Waals surface area contributed by atoms with Crippen molar-refractivity contribution in [2.24, 2.45) is 0 Å². The van der Waals surface area contributed by atoms with Gasteiger partial charge in [-0.2, -0.15) is 0 Å². The van der Waals surface area contributed by atoms with Gasteiger partial charge in [-0.15, -0.1) is 0 Å². The van der Waals surface area contributed by atoms with Crippen LogP contribution in [-0.2, 0) is 0 Å². The van der Waals surface area contributed by atoms with Crippen molar-refractivity contribution in [1.82, 2.24) is 9.88 Å². The van der Waals surface area contributed by atoms with Crippen LogP contribution in [0.5, 0.6) is 0 Å². The van der Waals surface area contributed by atoms with E-state index in [9.17, 15) is 4.79 Å². The highest BCUT2D eigenvalue weighted by atomic mass is 35.5. The average molecular weight is 341 g/mol. The number of nitrogens with zero attached hydrogens (tertiary/aromatic N) is 2. The number of aromatic nitrogens is 1. The van der Waals surface area contributed by atoms with Crippen LogP contribution in [0.1, 0.15) is 39.5 Å². The largest absolute Gasteiger partial charge is 0.333 e. The summed E-state index contributed by atoms with van der Waals surface area (Å²) in [6, 6.07) is 0. The standard InChI is InChI=1S/C12H18Cl2N2OS2/c1-3-5-7-16(8-6-4-2)12(17)19-11-15-9(13)10(14)18-11/h3-8H2,1-2H3. The Morgan fingerprint density at radius 2 is 1.84 bits per heavy atom.